The lowest BCUT2D eigenvalue weighted by atomic mass is 9.88. The summed E-state index contributed by atoms with van der Waals surface area (Å²) in [5, 5.41) is 4.20. The van der Waals surface area contributed by atoms with Gasteiger partial charge in [-0.15, -0.1) is 0 Å². The Balaban J connectivity index is 2.25. The van der Waals surface area contributed by atoms with Crippen molar-refractivity contribution in [3.63, 3.8) is 0 Å². The fourth-order valence-corrected chi connectivity index (χ4v) is 5.00. The molecule has 1 aliphatic heterocycles. The highest BCUT2D eigenvalue weighted by molar-refractivity contribution is 9.12. The summed E-state index contributed by atoms with van der Waals surface area (Å²) < 4.78 is 2.08. The highest BCUT2D eigenvalue weighted by Crippen LogP contribution is 2.43. The number of nitrogens with one attached hydrogen (secondary N) is 1. The Morgan fingerprint density at radius 1 is 1.23 bits per heavy atom. The number of nitrogens with zero attached hydrogens (tertiary/aromatic N) is 1. The first kappa shape index (κ1) is 20.1. The lowest BCUT2D eigenvalue weighted by Gasteiger charge is -2.23. The van der Waals surface area contributed by atoms with Gasteiger partial charge in [0.05, 0.1) is 5.69 Å². The zero-order valence-electron chi connectivity index (χ0n) is 15.1. The van der Waals surface area contributed by atoms with E-state index in [9.17, 15) is 0 Å². The molecule has 1 N–H and O–H groups in total. The Kier molecular flexibility index (Phi) is 6.95. The van der Waals surface area contributed by atoms with Crippen LogP contribution in [0.15, 0.2) is 55.1 Å². The quantitative estimate of drug-likeness (QED) is 0.461. The Morgan fingerprint density at radius 2 is 1.96 bits per heavy atom. The van der Waals surface area contributed by atoms with Crippen molar-refractivity contribution < 1.29 is 0 Å². The fourth-order valence-electron chi connectivity index (χ4n) is 3.60. The number of hydrogen-bond acceptors (Lipinski definition) is 2. The van der Waals surface area contributed by atoms with Crippen LogP contribution in [0, 0.1) is 0 Å². The minimum atomic E-state index is 0.736. The van der Waals surface area contributed by atoms with E-state index in [-0.39, 0.29) is 0 Å². The van der Waals surface area contributed by atoms with E-state index in [2.05, 4.69) is 50.2 Å². The van der Waals surface area contributed by atoms with E-state index in [1.54, 1.807) is 0 Å². The summed E-state index contributed by atoms with van der Waals surface area (Å²) in [6.45, 7) is 6.23. The monoisotopic (exact) mass is 496 g/mol. The molecule has 1 aliphatic carbocycles. The topological polar surface area (TPSA) is 24.9 Å². The smallest absolute Gasteiger partial charge is 0.0740 e. The van der Waals surface area contributed by atoms with E-state index in [0.29, 0.717) is 0 Å². The molecule has 0 saturated carbocycles. The Hall–Kier alpha value is -0.680. The molecule has 0 unspecified atom stereocenters. The standard InChI is InChI=1S/C21H23Br2ClN2/c1-3-17(24)11-18(23)19-13(2)4-5-15-10-16(22)12-26-21(15)20(19)14-6-8-25-9-7-14/h3,10-12,25H,4-9H2,1-2H3/b17-3+,18-11+. The number of piperidine rings is 1. The molecule has 1 aromatic heterocycles. The van der Waals surface area contributed by atoms with E-state index in [1.807, 2.05) is 25.3 Å². The molecular formula is C21H23Br2ClN2. The fraction of sp³-hybridized carbons (Fsp3) is 0.381. The predicted octanol–water partition coefficient (Wildman–Crippen LogP) is 6.67. The Labute approximate surface area is 177 Å². The third kappa shape index (κ3) is 4.41. The maximum atomic E-state index is 6.31. The van der Waals surface area contributed by atoms with Gasteiger partial charge in [0.25, 0.3) is 0 Å². The van der Waals surface area contributed by atoms with Crippen LogP contribution in [0.2, 0.25) is 0 Å². The number of hydrogen-bond donors (Lipinski definition) is 1. The van der Waals surface area contributed by atoms with Crippen LogP contribution >= 0.6 is 43.5 Å². The third-order valence-corrected chi connectivity index (χ3v) is 6.34. The van der Waals surface area contributed by atoms with Crippen LogP contribution in [0.5, 0.6) is 0 Å². The van der Waals surface area contributed by atoms with E-state index in [4.69, 9.17) is 16.6 Å². The van der Waals surface area contributed by atoms with Gasteiger partial charge in [-0.3, -0.25) is 4.98 Å². The zero-order chi connectivity index (χ0) is 18.7. The number of allylic oxidation sites excluding steroid dienone is 7. The second kappa shape index (κ2) is 9.01. The highest BCUT2D eigenvalue weighted by atomic mass is 79.9. The second-order valence-electron chi connectivity index (χ2n) is 6.71. The number of fused-ring (bicyclic) bond motifs is 1. The zero-order valence-corrected chi connectivity index (χ0v) is 19.1. The van der Waals surface area contributed by atoms with Crippen molar-refractivity contribution in [3.05, 3.63) is 66.4 Å². The van der Waals surface area contributed by atoms with Gasteiger partial charge in [-0.05, 0) is 91.8 Å². The molecule has 26 heavy (non-hydrogen) atoms. The van der Waals surface area contributed by atoms with Crippen molar-refractivity contribution in [3.8, 4) is 0 Å². The summed E-state index contributed by atoms with van der Waals surface area (Å²) in [5.41, 5.74) is 7.86. The maximum Gasteiger partial charge on any atom is 0.0740 e. The molecular weight excluding hydrogens is 476 g/mol. The molecule has 3 rings (SSSR count). The van der Waals surface area contributed by atoms with Gasteiger partial charge in [-0.2, -0.15) is 0 Å². The molecule has 5 heteroatoms. The van der Waals surface area contributed by atoms with Gasteiger partial charge in [0.2, 0.25) is 0 Å². The molecule has 2 nitrogen and oxygen atoms in total. The van der Waals surface area contributed by atoms with E-state index in [1.165, 1.54) is 27.9 Å². The normalized spacial score (nSPS) is 19.6. The largest absolute Gasteiger partial charge is 0.316 e. The van der Waals surface area contributed by atoms with Crippen molar-refractivity contribution in [2.24, 2.45) is 0 Å². The molecule has 0 amide bonds. The highest BCUT2D eigenvalue weighted by Gasteiger charge is 2.26. The van der Waals surface area contributed by atoms with Crippen LogP contribution < -0.4 is 5.32 Å². The van der Waals surface area contributed by atoms with Crippen LogP contribution in [-0.2, 0) is 6.42 Å². The Morgan fingerprint density at radius 3 is 2.65 bits per heavy atom. The summed E-state index contributed by atoms with van der Waals surface area (Å²) in [7, 11) is 0. The Bertz CT molecular complexity index is 826. The summed E-state index contributed by atoms with van der Waals surface area (Å²) in [6, 6.07) is 2.22. The minimum absolute atomic E-state index is 0.736. The minimum Gasteiger partial charge on any atom is -0.316 e. The number of pyridine rings is 1. The maximum absolute atomic E-state index is 6.31. The van der Waals surface area contributed by atoms with Gasteiger partial charge in [-0.25, -0.2) is 0 Å². The van der Waals surface area contributed by atoms with Gasteiger partial charge in [0, 0.05) is 25.8 Å². The van der Waals surface area contributed by atoms with E-state index >= 15 is 0 Å². The molecule has 2 aliphatic rings. The lowest BCUT2D eigenvalue weighted by Crippen LogP contribution is -2.24. The van der Waals surface area contributed by atoms with Crippen molar-refractivity contribution in [2.45, 2.75) is 39.5 Å². The number of rotatable bonds is 2. The number of aromatic nitrogens is 1. The van der Waals surface area contributed by atoms with Crippen LogP contribution in [-0.4, -0.2) is 18.1 Å². The summed E-state index contributed by atoms with van der Waals surface area (Å²) >= 11 is 13.7. The van der Waals surface area contributed by atoms with Crippen LogP contribution in [0.3, 0.4) is 0 Å². The molecule has 0 atom stereocenters. The van der Waals surface area contributed by atoms with Gasteiger partial charge >= 0.3 is 0 Å². The van der Waals surface area contributed by atoms with Gasteiger partial charge in [-0.1, -0.05) is 44.8 Å². The first-order valence-corrected chi connectivity index (χ1v) is 10.9. The molecule has 1 aromatic rings. The third-order valence-electron chi connectivity index (χ3n) is 4.96. The van der Waals surface area contributed by atoms with Crippen LogP contribution in [0.4, 0.5) is 0 Å². The predicted molar refractivity (Wildman–Crippen MR) is 119 cm³/mol. The second-order valence-corrected chi connectivity index (χ2v) is 8.92. The summed E-state index contributed by atoms with van der Waals surface area (Å²) in [4.78, 5) is 4.85. The lowest BCUT2D eigenvalue weighted by molar-refractivity contribution is 0.611. The molecule has 0 spiro atoms. The van der Waals surface area contributed by atoms with E-state index in [0.717, 1.165) is 58.5 Å². The molecule has 138 valence electrons. The summed E-state index contributed by atoms with van der Waals surface area (Å²) in [6.07, 6.45) is 9.97. The molecule has 1 fully saturated rings. The molecule has 2 heterocycles. The van der Waals surface area contributed by atoms with Crippen molar-refractivity contribution in [1.29, 1.82) is 0 Å². The van der Waals surface area contributed by atoms with Gasteiger partial charge in [0.15, 0.2) is 0 Å². The first-order valence-electron chi connectivity index (χ1n) is 8.98. The van der Waals surface area contributed by atoms with E-state index < -0.39 is 0 Å². The summed E-state index contributed by atoms with van der Waals surface area (Å²) in [5.74, 6) is 0. The van der Waals surface area contributed by atoms with Crippen molar-refractivity contribution >= 4 is 49.0 Å². The van der Waals surface area contributed by atoms with Crippen LogP contribution in [0.25, 0.3) is 5.57 Å². The average molecular weight is 499 g/mol. The SMILES string of the molecule is C/C=C(Cl)\C=C(\Br)C1=C(C)CCc2cc(Br)cnc2C1=C1CCNCC1. The molecule has 0 bridgehead atoms. The number of halogens is 3. The van der Waals surface area contributed by atoms with Gasteiger partial charge < -0.3 is 5.32 Å². The first-order chi connectivity index (χ1) is 12.5. The average Bonchev–Trinajstić information content (AvgIpc) is 2.78. The molecule has 0 aromatic carbocycles. The van der Waals surface area contributed by atoms with Crippen LogP contribution in [0.1, 0.15) is 44.4 Å². The molecule has 0 radical (unpaired) electrons. The van der Waals surface area contributed by atoms with Crippen molar-refractivity contribution in [1.82, 2.24) is 10.3 Å². The number of aryl methyl sites for hydroxylation is 1. The molecule has 1 saturated heterocycles. The van der Waals surface area contributed by atoms with Crippen molar-refractivity contribution in [2.75, 3.05) is 13.1 Å². The van der Waals surface area contributed by atoms with Gasteiger partial charge in [0.1, 0.15) is 0 Å².